The van der Waals surface area contributed by atoms with Gasteiger partial charge in [0.05, 0.1) is 0 Å². The van der Waals surface area contributed by atoms with E-state index < -0.39 is 0 Å². The topological polar surface area (TPSA) is 0 Å². The van der Waals surface area contributed by atoms with E-state index in [1.807, 2.05) is 0 Å². The number of fused-ring (bicyclic) bond motifs is 1. The van der Waals surface area contributed by atoms with Gasteiger partial charge >= 0.3 is 0 Å². The molecule has 0 amide bonds. The summed E-state index contributed by atoms with van der Waals surface area (Å²) in [6, 6.07) is 0. The molecule has 2 aliphatic rings. The molecule has 2 aliphatic carbocycles. The van der Waals surface area contributed by atoms with Crippen molar-refractivity contribution in [2.75, 3.05) is 0 Å². The fourth-order valence-electron chi connectivity index (χ4n) is 3.85. The summed E-state index contributed by atoms with van der Waals surface area (Å²) in [7, 11) is 0. The minimum Gasteiger partial charge on any atom is -0.0623 e. The number of allylic oxidation sites excluding steroid dienone is 4. The van der Waals surface area contributed by atoms with Gasteiger partial charge in [0, 0.05) is 10.8 Å². The van der Waals surface area contributed by atoms with Crippen LogP contribution in [0.5, 0.6) is 0 Å². The monoisotopic (exact) mass is 176 g/mol. The van der Waals surface area contributed by atoms with Crippen LogP contribution in [0.2, 0.25) is 0 Å². The van der Waals surface area contributed by atoms with Crippen molar-refractivity contribution < 1.29 is 0 Å². The summed E-state index contributed by atoms with van der Waals surface area (Å²) in [6.07, 6.45) is 1.22. The molecule has 0 aliphatic heterocycles. The number of hydrogen-bond donors (Lipinski definition) is 0. The molecular weight excluding hydrogens is 156 g/mol. The molecular formula is C13H20. The Kier molecular flexibility index (Phi) is 1.46. The van der Waals surface area contributed by atoms with Crippen LogP contribution in [0.1, 0.15) is 48.0 Å². The zero-order valence-corrected chi connectivity index (χ0v) is 9.71. The summed E-state index contributed by atoms with van der Waals surface area (Å²) in [5.41, 5.74) is 7.42. The fraction of sp³-hybridized carbons (Fsp3) is 0.692. The summed E-state index contributed by atoms with van der Waals surface area (Å²) in [5, 5.41) is 0. The van der Waals surface area contributed by atoms with Crippen molar-refractivity contribution in [2.24, 2.45) is 10.8 Å². The molecule has 2 rings (SSSR count). The maximum atomic E-state index is 2.42. The molecule has 13 heavy (non-hydrogen) atoms. The van der Waals surface area contributed by atoms with Crippen molar-refractivity contribution in [3.8, 4) is 0 Å². The molecule has 0 radical (unpaired) electrons. The lowest BCUT2D eigenvalue weighted by Crippen LogP contribution is -2.58. The van der Waals surface area contributed by atoms with Gasteiger partial charge in [-0.05, 0) is 27.2 Å². The van der Waals surface area contributed by atoms with Crippen LogP contribution in [-0.2, 0) is 0 Å². The number of rotatable bonds is 1. The summed E-state index contributed by atoms with van der Waals surface area (Å²) >= 11 is 0. The second-order valence-corrected chi connectivity index (χ2v) is 4.96. The van der Waals surface area contributed by atoms with Gasteiger partial charge in [0.15, 0.2) is 0 Å². The van der Waals surface area contributed by atoms with Crippen molar-refractivity contribution in [1.29, 1.82) is 0 Å². The van der Waals surface area contributed by atoms with Crippen LogP contribution in [0.3, 0.4) is 0 Å². The molecule has 0 saturated heterocycles. The first-order valence-electron chi connectivity index (χ1n) is 5.31. The molecule has 0 aromatic carbocycles. The molecule has 0 fully saturated rings. The maximum Gasteiger partial charge on any atom is 0.0223 e. The third-order valence-electron chi connectivity index (χ3n) is 5.22. The van der Waals surface area contributed by atoms with Gasteiger partial charge in [-0.25, -0.2) is 0 Å². The highest BCUT2D eigenvalue weighted by atomic mass is 14.7. The molecule has 0 heterocycles. The number of hydrogen-bond acceptors (Lipinski definition) is 0. The van der Waals surface area contributed by atoms with Crippen molar-refractivity contribution in [3.05, 3.63) is 22.3 Å². The Bertz CT molecular complexity index is 343. The van der Waals surface area contributed by atoms with Crippen LogP contribution >= 0.6 is 0 Å². The van der Waals surface area contributed by atoms with Crippen molar-refractivity contribution in [2.45, 2.75) is 48.0 Å². The van der Waals surface area contributed by atoms with E-state index in [0.29, 0.717) is 10.8 Å². The molecule has 0 unspecified atom stereocenters. The van der Waals surface area contributed by atoms with Crippen molar-refractivity contribution in [1.82, 2.24) is 0 Å². The van der Waals surface area contributed by atoms with Gasteiger partial charge in [-0.3, -0.25) is 0 Å². The third-order valence-corrected chi connectivity index (χ3v) is 5.22. The first-order chi connectivity index (χ1) is 5.92. The highest BCUT2D eigenvalue weighted by Gasteiger charge is 2.65. The van der Waals surface area contributed by atoms with Crippen LogP contribution in [0.25, 0.3) is 0 Å². The lowest BCUT2D eigenvalue weighted by molar-refractivity contribution is 0.123. The zero-order chi connectivity index (χ0) is 10.0. The lowest BCUT2D eigenvalue weighted by atomic mass is 9.35. The quantitative estimate of drug-likeness (QED) is 0.528. The van der Waals surface area contributed by atoms with Crippen LogP contribution in [0.4, 0.5) is 0 Å². The molecule has 0 heteroatoms. The fourth-order valence-corrected chi connectivity index (χ4v) is 3.85. The molecule has 0 N–H and O–H groups in total. The minimum absolute atomic E-state index is 0.419. The molecule has 0 bridgehead atoms. The van der Waals surface area contributed by atoms with Gasteiger partial charge in [-0.15, -0.1) is 0 Å². The zero-order valence-electron chi connectivity index (χ0n) is 9.71. The van der Waals surface area contributed by atoms with Crippen molar-refractivity contribution in [3.63, 3.8) is 0 Å². The van der Waals surface area contributed by atoms with Crippen LogP contribution in [0.15, 0.2) is 22.3 Å². The first kappa shape index (κ1) is 9.05. The Balaban J connectivity index is 2.55. The predicted molar refractivity (Wildman–Crippen MR) is 57.6 cm³/mol. The third kappa shape index (κ3) is 0.572. The van der Waals surface area contributed by atoms with Gasteiger partial charge in [0.1, 0.15) is 0 Å². The average Bonchev–Trinajstić information content (AvgIpc) is 2.14. The van der Waals surface area contributed by atoms with Gasteiger partial charge < -0.3 is 0 Å². The summed E-state index contributed by atoms with van der Waals surface area (Å²) in [4.78, 5) is 0. The van der Waals surface area contributed by atoms with Gasteiger partial charge in [0.25, 0.3) is 0 Å². The Morgan fingerprint density at radius 1 is 0.846 bits per heavy atom. The highest BCUT2D eigenvalue weighted by Crippen LogP contribution is 2.75. The van der Waals surface area contributed by atoms with Gasteiger partial charge in [-0.1, -0.05) is 43.1 Å². The Hall–Kier alpha value is -0.520. The minimum atomic E-state index is 0.419. The van der Waals surface area contributed by atoms with E-state index in [9.17, 15) is 0 Å². The summed E-state index contributed by atoms with van der Waals surface area (Å²) in [6.45, 7) is 14.0. The van der Waals surface area contributed by atoms with E-state index in [4.69, 9.17) is 0 Å². The molecule has 0 nitrogen and oxygen atoms in total. The first-order valence-corrected chi connectivity index (χ1v) is 5.31. The van der Waals surface area contributed by atoms with E-state index in [-0.39, 0.29) is 0 Å². The van der Waals surface area contributed by atoms with Gasteiger partial charge in [0.2, 0.25) is 0 Å². The normalized spacial score (nSPS) is 42.9. The van der Waals surface area contributed by atoms with Crippen LogP contribution in [-0.4, -0.2) is 0 Å². The molecule has 2 atom stereocenters. The predicted octanol–water partition coefficient (Wildman–Crippen LogP) is 4.09. The van der Waals surface area contributed by atoms with Gasteiger partial charge in [-0.2, -0.15) is 0 Å². The maximum absolute atomic E-state index is 2.42. The van der Waals surface area contributed by atoms with E-state index in [1.54, 1.807) is 22.3 Å². The second-order valence-electron chi connectivity index (χ2n) is 4.96. The largest absolute Gasteiger partial charge is 0.0623 e. The molecule has 0 spiro atoms. The van der Waals surface area contributed by atoms with Crippen molar-refractivity contribution >= 4 is 0 Å². The molecule has 0 aromatic heterocycles. The Morgan fingerprint density at radius 3 is 1.77 bits per heavy atom. The van der Waals surface area contributed by atoms with Crippen LogP contribution < -0.4 is 0 Å². The summed E-state index contributed by atoms with van der Waals surface area (Å²) in [5.74, 6) is 0. The molecule has 0 aromatic rings. The van der Waals surface area contributed by atoms with E-state index >= 15 is 0 Å². The van der Waals surface area contributed by atoms with Crippen LogP contribution in [0, 0.1) is 10.8 Å². The molecule has 72 valence electrons. The second kappa shape index (κ2) is 2.10. The van der Waals surface area contributed by atoms with E-state index in [2.05, 4.69) is 41.5 Å². The SMILES string of the molecule is CCC1=C(C)[C@]2(C)C(C)=C(C)[C@]12C. The van der Waals surface area contributed by atoms with E-state index in [0.717, 1.165) is 0 Å². The smallest absolute Gasteiger partial charge is 0.0223 e. The standard InChI is InChI=1S/C13H20/c1-7-11-10(4)12(5)8(2)9(3)13(11,12)6/h7H2,1-6H3/t12-,13+/m0/s1. The van der Waals surface area contributed by atoms with E-state index in [1.165, 1.54) is 6.42 Å². The summed E-state index contributed by atoms with van der Waals surface area (Å²) < 4.78 is 0. The highest BCUT2D eigenvalue weighted by molar-refractivity contribution is 5.63. The molecule has 0 saturated carbocycles. The lowest BCUT2D eigenvalue weighted by Gasteiger charge is -2.68. The Labute approximate surface area is 81.7 Å². The Morgan fingerprint density at radius 2 is 1.31 bits per heavy atom. The average molecular weight is 176 g/mol.